The molecule has 0 unspecified atom stereocenters. The number of rotatable bonds is 5. The van der Waals surface area contributed by atoms with Gasteiger partial charge >= 0.3 is 0 Å². The number of aromatic amines is 1. The third-order valence-corrected chi connectivity index (χ3v) is 5.01. The van der Waals surface area contributed by atoms with Gasteiger partial charge in [0, 0.05) is 17.8 Å². The SMILES string of the molecule is COc1ccc([C@@H]2Cn3nnc(C(=O)NCc4c(C)n[nH]c4C)c3CO2)cc1. The maximum Gasteiger partial charge on any atom is 0.274 e. The van der Waals surface area contributed by atoms with Gasteiger partial charge in [-0.3, -0.25) is 9.89 Å². The van der Waals surface area contributed by atoms with E-state index in [1.807, 2.05) is 38.1 Å². The third-order valence-electron chi connectivity index (χ3n) is 5.01. The van der Waals surface area contributed by atoms with Crippen molar-refractivity contribution >= 4 is 5.91 Å². The lowest BCUT2D eigenvalue weighted by Crippen LogP contribution is -2.27. The summed E-state index contributed by atoms with van der Waals surface area (Å²) in [5, 5.41) is 18.2. The van der Waals surface area contributed by atoms with Crippen LogP contribution in [-0.2, 0) is 24.4 Å². The molecule has 28 heavy (non-hydrogen) atoms. The lowest BCUT2D eigenvalue weighted by atomic mass is 10.1. The first-order valence-electron chi connectivity index (χ1n) is 9.03. The van der Waals surface area contributed by atoms with Gasteiger partial charge in [0.1, 0.15) is 11.9 Å². The molecular formula is C19H22N6O3. The molecule has 3 aromatic rings. The van der Waals surface area contributed by atoms with E-state index < -0.39 is 0 Å². The van der Waals surface area contributed by atoms with Gasteiger partial charge in [0.15, 0.2) is 5.69 Å². The Morgan fingerprint density at radius 1 is 1.36 bits per heavy atom. The average Bonchev–Trinajstić information content (AvgIpc) is 3.29. The topological polar surface area (TPSA) is 107 Å². The van der Waals surface area contributed by atoms with Gasteiger partial charge in [0.2, 0.25) is 0 Å². The number of methoxy groups -OCH3 is 1. The molecule has 0 saturated heterocycles. The molecule has 0 spiro atoms. The number of H-pyrrole nitrogens is 1. The fourth-order valence-corrected chi connectivity index (χ4v) is 3.30. The molecule has 0 aliphatic carbocycles. The van der Waals surface area contributed by atoms with E-state index in [9.17, 15) is 4.79 Å². The Hall–Kier alpha value is -3.20. The lowest BCUT2D eigenvalue weighted by Gasteiger charge is -2.24. The zero-order chi connectivity index (χ0) is 19.7. The van der Waals surface area contributed by atoms with E-state index in [1.165, 1.54) is 0 Å². The maximum absolute atomic E-state index is 12.6. The van der Waals surface area contributed by atoms with Gasteiger partial charge in [-0.15, -0.1) is 5.10 Å². The third kappa shape index (κ3) is 3.36. The van der Waals surface area contributed by atoms with E-state index in [1.54, 1.807) is 11.8 Å². The Kier molecular flexibility index (Phi) is 4.82. The molecule has 2 aromatic heterocycles. The van der Waals surface area contributed by atoms with Crippen molar-refractivity contribution < 1.29 is 14.3 Å². The molecule has 0 radical (unpaired) electrons. The van der Waals surface area contributed by atoms with Crippen LogP contribution in [0, 0.1) is 13.8 Å². The maximum atomic E-state index is 12.6. The minimum atomic E-state index is -0.271. The van der Waals surface area contributed by atoms with Crippen molar-refractivity contribution in [1.82, 2.24) is 30.5 Å². The van der Waals surface area contributed by atoms with Crippen molar-refractivity contribution in [1.29, 1.82) is 0 Å². The number of aromatic nitrogens is 5. The van der Waals surface area contributed by atoms with E-state index >= 15 is 0 Å². The number of amides is 1. The van der Waals surface area contributed by atoms with Crippen molar-refractivity contribution in [3.05, 3.63) is 58.2 Å². The Balaban J connectivity index is 1.45. The van der Waals surface area contributed by atoms with Gasteiger partial charge in [-0.05, 0) is 31.5 Å². The number of hydrogen-bond donors (Lipinski definition) is 2. The number of nitrogens with one attached hydrogen (secondary N) is 2. The van der Waals surface area contributed by atoms with Gasteiger partial charge in [-0.25, -0.2) is 4.68 Å². The van der Waals surface area contributed by atoms with Crippen molar-refractivity contribution in [2.45, 2.75) is 39.6 Å². The molecule has 146 valence electrons. The normalized spacial score (nSPS) is 15.9. The predicted molar refractivity (Wildman–Crippen MR) is 99.8 cm³/mol. The highest BCUT2D eigenvalue weighted by Gasteiger charge is 2.27. The van der Waals surface area contributed by atoms with Crippen LogP contribution in [-0.4, -0.2) is 38.2 Å². The van der Waals surface area contributed by atoms with Gasteiger partial charge in [0.05, 0.1) is 31.6 Å². The first-order valence-corrected chi connectivity index (χ1v) is 9.03. The summed E-state index contributed by atoms with van der Waals surface area (Å²) in [6, 6.07) is 7.73. The highest BCUT2D eigenvalue weighted by molar-refractivity contribution is 5.93. The molecule has 3 heterocycles. The smallest absolute Gasteiger partial charge is 0.274 e. The number of ether oxygens (including phenoxy) is 2. The second-order valence-corrected chi connectivity index (χ2v) is 6.73. The number of benzene rings is 1. The number of nitrogens with zero attached hydrogens (tertiary/aromatic N) is 4. The molecule has 1 aliphatic rings. The summed E-state index contributed by atoms with van der Waals surface area (Å²) in [6.07, 6.45) is -0.146. The van der Waals surface area contributed by atoms with Gasteiger partial charge < -0.3 is 14.8 Å². The number of carbonyl (C=O) groups is 1. The molecule has 4 rings (SSSR count). The highest BCUT2D eigenvalue weighted by atomic mass is 16.5. The van der Waals surface area contributed by atoms with Crippen LogP contribution < -0.4 is 10.1 Å². The van der Waals surface area contributed by atoms with Crippen LogP contribution in [0.1, 0.15) is 44.8 Å². The van der Waals surface area contributed by atoms with Crippen LogP contribution in [0.3, 0.4) is 0 Å². The Labute approximate surface area is 162 Å². The number of aryl methyl sites for hydroxylation is 2. The molecule has 1 amide bonds. The zero-order valence-corrected chi connectivity index (χ0v) is 16.0. The summed E-state index contributed by atoms with van der Waals surface area (Å²) in [7, 11) is 1.63. The summed E-state index contributed by atoms with van der Waals surface area (Å²) in [4.78, 5) is 12.6. The fourth-order valence-electron chi connectivity index (χ4n) is 3.30. The largest absolute Gasteiger partial charge is 0.497 e. The summed E-state index contributed by atoms with van der Waals surface area (Å²) in [6.45, 7) is 4.99. The Bertz CT molecular complexity index is 972. The van der Waals surface area contributed by atoms with Crippen molar-refractivity contribution in [3.8, 4) is 5.75 Å². The van der Waals surface area contributed by atoms with Crippen LogP contribution >= 0.6 is 0 Å². The fraction of sp³-hybridized carbons (Fsp3) is 0.368. The highest BCUT2D eigenvalue weighted by Crippen LogP contribution is 2.28. The molecule has 0 bridgehead atoms. The molecular weight excluding hydrogens is 360 g/mol. The van der Waals surface area contributed by atoms with Crippen LogP contribution in [0.15, 0.2) is 24.3 Å². The van der Waals surface area contributed by atoms with E-state index in [-0.39, 0.29) is 18.6 Å². The molecule has 1 aliphatic heterocycles. The van der Waals surface area contributed by atoms with Crippen molar-refractivity contribution in [2.75, 3.05) is 7.11 Å². The van der Waals surface area contributed by atoms with Crippen LogP contribution in [0.5, 0.6) is 5.75 Å². The minimum absolute atomic E-state index is 0.146. The van der Waals surface area contributed by atoms with E-state index in [4.69, 9.17) is 9.47 Å². The summed E-state index contributed by atoms with van der Waals surface area (Å²) >= 11 is 0. The molecule has 1 atom stereocenters. The van der Waals surface area contributed by atoms with Crippen molar-refractivity contribution in [3.63, 3.8) is 0 Å². The van der Waals surface area contributed by atoms with E-state index in [0.717, 1.165) is 28.3 Å². The molecule has 0 saturated carbocycles. The van der Waals surface area contributed by atoms with Gasteiger partial charge in [-0.1, -0.05) is 17.3 Å². The number of fused-ring (bicyclic) bond motifs is 1. The van der Waals surface area contributed by atoms with Crippen LogP contribution in [0.4, 0.5) is 0 Å². The van der Waals surface area contributed by atoms with Crippen molar-refractivity contribution in [2.24, 2.45) is 0 Å². The van der Waals surface area contributed by atoms with E-state index in [0.29, 0.717) is 24.5 Å². The predicted octanol–water partition coefficient (Wildman–Crippen LogP) is 1.83. The quantitative estimate of drug-likeness (QED) is 0.697. The molecule has 9 nitrogen and oxygen atoms in total. The van der Waals surface area contributed by atoms with Gasteiger partial charge in [-0.2, -0.15) is 5.10 Å². The zero-order valence-electron chi connectivity index (χ0n) is 16.0. The molecule has 9 heteroatoms. The number of hydrogen-bond acceptors (Lipinski definition) is 6. The first kappa shape index (κ1) is 18.2. The molecule has 1 aromatic carbocycles. The standard InChI is InChI=1S/C19H22N6O3/c1-11-15(12(2)22-21-11)8-20-19(26)18-16-10-28-17(9-25(16)24-23-18)13-4-6-14(27-3)7-5-13/h4-7,17H,8-10H2,1-3H3,(H,20,26)(H,21,22)/t17-/m0/s1. The number of carbonyl (C=O) groups excluding carboxylic acids is 1. The average molecular weight is 382 g/mol. The lowest BCUT2D eigenvalue weighted by molar-refractivity contribution is -0.00179. The summed E-state index contributed by atoms with van der Waals surface area (Å²) in [5.74, 6) is 0.524. The Morgan fingerprint density at radius 3 is 2.82 bits per heavy atom. The van der Waals surface area contributed by atoms with Crippen LogP contribution in [0.2, 0.25) is 0 Å². The second kappa shape index (κ2) is 7.43. The van der Waals surface area contributed by atoms with E-state index in [2.05, 4.69) is 25.8 Å². The molecule has 2 N–H and O–H groups in total. The van der Waals surface area contributed by atoms with Gasteiger partial charge in [0.25, 0.3) is 5.91 Å². The minimum Gasteiger partial charge on any atom is -0.497 e. The molecule has 0 fully saturated rings. The first-order chi connectivity index (χ1) is 13.6. The summed E-state index contributed by atoms with van der Waals surface area (Å²) < 4.78 is 12.9. The second-order valence-electron chi connectivity index (χ2n) is 6.73. The Morgan fingerprint density at radius 2 is 2.14 bits per heavy atom. The monoisotopic (exact) mass is 382 g/mol. The van der Waals surface area contributed by atoms with Crippen LogP contribution in [0.25, 0.3) is 0 Å². The summed E-state index contributed by atoms with van der Waals surface area (Å²) in [5.41, 5.74) is 4.79.